The summed E-state index contributed by atoms with van der Waals surface area (Å²) in [6.45, 7) is 3.95. The molecule has 1 rings (SSSR count). The van der Waals surface area contributed by atoms with Crippen LogP contribution in [0.3, 0.4) is 0 Å². The molecule has 0 amide bonds. The second-order valence-electron chi connectivity index (χ2n) is 3.89. The van der Waals surface area contributed by atoms with Crippen LogP contribution < -0.4 is 5.73 Å². The zero-order chi connectivity index (χ0) is 12.3. The van der Waals surface area contributed by atoms with Crippen molar-refractivity contribution in [3.8, 4) is 0 Å². The molecule has 90 valence electrons. The van der Waals surface area contributed by atoms with Crippen molar-refractivity contribution >= 4 is 15.9 Å². The van der Waals surface area contributed by atoms with Gasteiger partial charge >= 0.3 is 0 Å². The van der Waals surface area contributed by atoms with Gasteiger partial charge < -0.3 is 5.73 Å². The first kappa shape index (κ1) is 13.6. The van der Waals surface area contributed by atoms with E-state index in [0.29, 0.717) is 4.47 Å². The molecule has 16 heavy (non-hydrogen) atoms. The number of nitrogens with two attached hydrogens (primary N) is 1. The van der Waals surface area contributed by atoms with Crippen LogP contribution in [0.25, 0.3) is 0 Å². The van der Waals surface area contributed by atoms with Crippen molar-refractivity contribution in [1.82, 2.24) is 0 Å². The summed E-state index contributed by atoms with van der Waals surface area (Å²) in [6.07, 6.45) is 1.62. The van der Waals surface area contributed by atoms with Gasteiger partial charge in [-0.2, -0.15) is 0 Å². The smallest absolute Gasteiger partial charge is 0.132 e. The Labute approximate surface area is 103 Å². The van der Waals surface area contributed by atoms with Gasteiger partial charge in [-0.15, -0.1) is 0 Å². The van der Waals surface area contributed by atoms with Crippen LogP contribution in [-0.4, -0.2) is 0 Å². The minimum Gasteiger partial charge on any atom is -0.324 e. The Hall–Kier alpha value is -0.480. The van der Waals surface area contributed by atoms with Gasteiger partial charge in [0.1, 0.15) is 11.6 Å². The van der Waals surface area contributed by atoms with E-state index in [2.05, 4.69) is 15.9 Å². The summed E-state index contributed by atoms with van der Waals surface area (Å²) >= 11 is 3.05. The molecular weight excluding hydrogens is 276 g/mol. The molecule has 0 spiro atoms. The standard InChI is InChI=1S/C12H16BrF2N/c1-3-7(4-2)12(16)11-9(14)5-8(13)6-10(11)15/h5-7,12H,3-4,16H2,1-2H3. The number of hydrogen-bond acceptors (Lipinski definition) is 1. The summed E-state index contributed by atoms with van der Waals surface area (Å²) in [5.41, 5.74) is 5.91. The van der Waals surface area contributed by atoms with Crippen molar-refractivity contribution in [3.05, 3.63) is 33.8 Å². The number of benzene rings is 1. The Morgan fingerprint density at radius 3 is 2.00 bits per heavy atom. The molecule has 0 aliphatic rings. The summed E-state index contributed by atoms with van der Waals surface area (Å²) < 4.78 is 27.7. The van der Waals surface area contributed by atoms with Gasteiger partial charge in [0.05, 0.1) is 0 Å². The lowest BCUT2D eigenvalue weighted by Gasteiger charge is -2.22. The van der Waals surface area contributed by atoms with Gasteiger partial charge in [0.2, 0.25) is 0 Å². The predicted octanol–water partition coefficient (Wildman–Crippen LogP) is 4.16. The second-order valence-corrected chi connectivity index (χ2v) is 4.80. The van der Waals surface area contributed by atoms with Crippen molar-refractivity contribution in [1.29, 1.82) is 0 Å². The van der Waals surface area contributed by atoms with Crippen molar-refractivity contribution < 1.29 is 8.78 Å². The third-order valence-corrected chi connectivity index (χ3v) is 3.39. The lowest BCUT2D eigenvalue weighted by atomic mass is 9.89. The van der Waals surface area contributed by atoms with E-state index in [1.54, 1.807) is 0 Å². The van der Waals surface area contributed by atoms with E-state index in [-0.39, 0.29) is 11.5 Å². The largest absolute Gasteiger partial charge is 0.324 e. The Morgan fingerprint density at radius 2 is 1.62 bits per heavy atom. The molecule has 0 aliphatic heterocycles. The third-order valence-electron chi connectivity index (χ3n) is 2.93. The molecule has 0 saturated carbocycles. The maximum absolute atomic E-state index is 13.6. The fraction of sp³-hybridized carbons (Fsp3) is 0.500. The molecule has 1 atom stereocenters. The first-order chi connectivity index (χ1) is 7.51. The molecule has 1 aromatic carbocycles. The monoisotopic (exact) mass is 291 g/mol. The van der Waals surface area contributed by atoms with Crippen molar-refractivity contribution in [2.45, 2.75) is 32.7 Å². The van der Waals surface area contributed by atoms with E-state index < -0.39 is 17.7 Å². The summed E-state index contributed by atoms with van der Waals surface area (Å²) in [5.74, 6) is -1.05. The van der Waals surface area contributed by atoms with E-state index in [1.807, 2.05) is 13.8 Å². The summed E-state index contributed by atoms with van der Waals surface area (Å²) in [5, 5.41) is 0. The van der Waals surface area contributed by atoms with Gasteiger partial charge in [-0.1, -0.05) is 42.6 Å². The van der Waals surface area contributed by atoms with Gasteiger partial charge in [-0.25, -0.2) is 8.78 Å². The molecule has 1 nitrogen and oxygen atoms in total. The Kier molecular flexibility index (Phi) is 4.87. The van der Waals surface area contributed by atoms with Crippen molar-refractivity contribution in [2.24, 2.45) is 11.7 Å². The van der Waals surface area contributed by atoms with E-state index >= 15 is 0 Å². The minimum atomic E-state index is -0.580. The normalized spacial score (nSPS) is 13.2. The topological polar surface area (TPSA) is 26.0 Å². The number of halogens is 3. The van der Waals surface area contributed by atoms with Crippen LogP contribution in [0.2, 0.25) is 0 Å². The molecule has 0 bridgehead atoms. The van der Waals surface area contributed by atoms with Crippen LogP contribution in [0.15, 0.2) is 16.6 Å². The highest BCUT2D eigenvalue weighted by molar-refractivity contribution is 9.10. The Bertz CT molecular complexity index is 341. The van der Waals surface area contributed by atoms with Crippen LogP contribution in [0.5, 0.6) is 0 Å². The average molecular weight is 292 g/mol. The van der Waals surface area contributed by atoms with E-state index in [4.69, 9.17) is 5.73 Å². The molecule has 0 aromatic heterocycles. The van der Waals surface area contributed by atoms with Gasteiger partial charge in [0, 0.05) is 16.1 Å². The molecule has 4 heteroatoms. The van der Waals surface area contributed by atoms with Gasteiger partial charge in [0.15, 0.2) is 0 Å². The van der Waals surface area contributed by atoms with Crippen LogP contribution in [0, 0.1) is 17.6 Å². The van der Waals surface area contributed by atoms with Gasteiger partial charge in [-0.3, -0.25) is 0 Å². The molecule has 2 N–H and O–H groups in total. The highest BCUT2D eigenvalue weighted by Crippen LogP contribution is 2.30. The zero-order valence-corrected chi connectivity index (χ0v) is 11.0. The number of rotatable bonds is 4. The number of hydrogen-bond donors (Lipinski definition) is 1. The fourth-order valence-electron chi connectivity index (χ4n) is 1.90. The predicted molar refractivity (Wildman–Crippen MR) is 65.1 cm³/mol. The molecular formula is C12H16BrF2N. The lowest BCUT2D eigenvalue weighted by Crippen LogP contribution is -2.23. The second kappa shape index (κ2) is 5.73. The van der Waals surface area contributed by atoms with Crippen LogP contribution in [0.4, 0.5) is 8.78 Å². The third kappa shape index (κ3) is 2.80. The maximum Gasteiger partial charge on any atom is 0.132 e. The zero-order valence-electron chi connectivity index (χ0n) is 9.43. The van der Waals surface area contributed by atoms with Crippen molar-refractivity contribution in [3.63, 3.8) is 0 Å². The van der Waals surface area contributed by atoms with Gasteiger partial charge in [-0.05, 0) is 18.1 Å². The molecule has 1 aromatic rings. The summed E-state index contributed by atoms with van der Waals surface area (Å²) in [7, 11) is 0. The van der Waals surface area contributed by atoms with Crippen LogP contribution in [0.1, 0.15) is 38.3 Å². The van der Waals surface area contributed by atoms with E-state index in [1.165, 1.54) is 12.1 Å². The summed E-state index contributed by atoms with van der Waals surface area (Å²) in [6, 6.07) is 1.92. The van der Waals surface area contributed by atoms with Crippen LogP contribution in [-0.2, 0) is 0 Å². The van der Waals surface area contributed by atoms with Gasteiger partial charge in [0.25, 0.3) is 0 Å². The van der Waals surface area contributed by atoms with Crippen LogP contribution >= 0.6 is 15.9 Å². The fourth-order valence-corrected chi connectivity index (χ4v) is 2.31. The van der Waals surface area contributed by atoms with E-state index in [0.717, 1.165) is 12.8 Å². The molecule has 0 aliphatic carbocycles. The lowest BCUT2D eigenvalue weighted by molar-refractivity contribution is 0.380. The van der Waals surface area contributed by atoms with Crippen molar-refractivity contribution in [2.75, 3.05) is 0 Å². The molecule has 0 saturated heterocycles. The molecule has 1 unspecified atom stereocenters. The SMILES string of the molecule is CCC(CC)C(N)c1c(F)cc(Br)cc1F. The highest BCUT2D eigenvalue weighted by Gasteiger charge is 2.23. The maximum atomic E-state index is 13.6. The molecule has 0 fully saturated rings. The minimum absolute atomic E-state index is 0.00287. The highest BCUT2D eigenvalue weighted by atomic mass is 79.9. The molecule has 0 radical (unpaired) electrons. The summed E-state index contributed by atoms with van der Waals surface area (Å²) in [4.78, 5) is 0. The molecule has 0 heterocycles. The first-order valence-corrected chi connectivity index (χ1v) is 6.20. The Balaban J connectivity index is 3.12. The quantitative estimate of drug-likeness (QED) is 0.885. The average Bonchev–Trinajstić information content (AvgIpc) is 2.17. The first-order valence-electron chi connectivity index (χ1n) is 5.41. The Morgan fingerprint density at radius 1 is 1.19 bits per heavy atom. The van der Waals surface area contributed by atoms with E-state index in [9.17, 15) is 8.78 Å².